The van der Waals surface area contributed by atoms with Gasteiger partial charge in [-0.3, -0.25) is 14.6 Å². The van der Waals surface area contributed by atoms with E-state index in [0.717, 1.165) is 56.8 Å². The van der Waals surface area contributed by atoms with Gasteiger partial charge in [0.25, 0.3) is 0 Å². The van der Waals surface area contributed by atoms with E-state index in [1.807, 2.05) is 6.92 Å². The SMILES string of the molecule is CCNC(=NCCCn1nc(C)cc1C)NCCN1CCCCC1CC.I. The van der Waals surface area contributed by atoms with Crippen LogP contribution in [0.2, 0.25) is 0 Å². The largest absolute Gasteiger partial charge is 0.357 e. The Morgan fingerprint density at radius 1 is 1.22 bits per heavy atom. The molecule has 7 heteroatoms. The molecule has 2 N–H and O–H groups in total. The lowest BCUT2D eigenvalue weighted by Crippen LogP contribution is -2.46. The van der Waals surface area contributed by atoms with Crippen LogP contribution in [0.25, 0.3) is 0 Å². The molecule has 0 aromatic carbocycles. The van der Waals surface area contributed by atoms with Crippen LogP contribution in [0.1, 0.15) is 57.3 Å². The van der Waals surface area contributed by atoms with Gasteiger partial charge in [0.2, 0.25) is 0 Å². The molecule has 1 aromatic heterocycles. The number of hydrogen-bond acceptors (Lipinski definition) is 3. The number of aromatic nitrogens is 2. The van der Waals surface area contributed by atoms with Gasteiger partial charge in [-0.2, -0.15) is 5.10 Å². The van der Waals surface area contributed by atoms with Crippen molar-refractivity contribution >= 4 is 29.9 Å². The fourth-order valence-electron chi connectivity index (χ4n) is 3.79. The van der Waals surface area contributed by atoms with Gasteiger partial charge in [0.05, 0.1) is 5.69 Å². The van der Waals surface area contributed by atoms with E-state index in [2.05, 4.69) is 52.2 Å². The van der Waals surface area contributed by atoms with Gasteiger partial charge in [-0.05, 0) is 59.1 Å². The highest BCUT2D eigenvalue weighted by Gasteiger charge is 2.19. The molecule has 156 valence electrons. The zero-order valence-corrected chi connectivity index (χ0v) is 20.0. The summed E-state index contributed by atoms with van der Waals surface area (Å²) in [5.41, 5.74) is 2.31. The Kier molecular flexibility index (Phi) is 12.0. The number of likely N-dealkylation sites (tertiary alicyclic amines) is 1. The van der Waals surface area contributed by atoms with Crippen molar-refractivity contribution in [1.82, 2.24) is 25.3 Å². The standard InChI is InChI=1S/C20H38N6.HI/c1-5-19-10-7-8-13-25(19)15-12-23-20(21-6-2)22-11-9-14-26-18(4)16-17(3)24-26;/h16,19H,5-15H2,1-4H3,(H2,21,22,23);1H. The van der Waals surface area contributed by atoms with Crippen LogP contribution in [0.4, 0.5) is 0 Å². The second-order valence-electron chi connectivity index (χ2n) is 7.29. The molecule has 1 fully saturated rings. The van der Waals surface area contributed by atoms with Crippen LogP contribution < -0.4 is 10.6 Å². The van der Waals surface area contributed by atoms with Crippen molar-refractivity contribution < 1.29 is 0 Å². The predicted octanol–water partition coefficient (Wildman–Crippen LogP) is 3.33. The van der Waals surface area contributed by atoms with Gasteiger partial charge in [0, 0.05) is 44.5 Å². The van der Waals surface area contributed by atoms with Crippen molar-refractivity contribution in [2.24, 2.45) is 4.99 Å². The normalized spacial score (nSPS) is 18.2. The Balaban J connectivity index is 0.00000364. The van der Waals surface area contributed by atoms with Gasteiger partial charge < -0.3 is 10.6 Å². The zero-order chi connectivity index (χ0) is 18.8. The Labute approximate surface area is 182 Å². The predicted molar refractivity (Wildman–Crippen MR) is 125 cm³/mol. The van der Waals surface area contributed by atoms with Crippen LogP contribution in [0.3, 0.4) is 0 Å². The van der Waals surface area contributed by atoms with Gasteiger partial charge in [-0.1, -0.05) is 13.3 Å². The van der Waals surface area contributed by atoms with Crippen molar-refractivity contribution in [3.8, 4) is 0 Å². The molecule has 0 bridgehead atoms. The molecule has 1 saturated heterocycles. The minimum absolute atomic E-state index is 0. The number of guanidine groups is 1. The smallest absolute Gasteiger partial charge is 0.191 e. The van der Waals surface area contributed by atoms with Crippen LogP contribution in [0, 0.1) is 13.8 Å². The summed E-state index contributed by atoms with van der Waals surface area (Å²) < 4.78 is 2.08. The average molecular weight is 490 g/mol. The van der Waals surface area contributed by atoms with Crippen molar-refractivity contribution in [3.63, 3.8) is 0 Å². The molecule has 0 spiro atoms. The van der Waals surface area contributed by atoms with Crippen LogP contribution in [-0.2, 0) is 6.54 Å². The number of halogens is 1. The molecule has 1 aliphatic heterocycles. The molecule has 27 heavy (non-hydrogen) atoms. The number of rotatable bonds is 9. The molecule has 0 saturated carbocycles. The molecule has 0 amide bonds. The molecule has 1 atom stereocenters. The van der Waals surface area contributed by atoms with E-state index in [9.17, 15) is 0 Å². The lowest BCUT2D eigenvalue weighted by molar-refractivity contribution is 0.147. The second kappa shape index (κ2) is 13.4. The number of hydrogen-bond donors (Lipinski definition) is 2. The van der Waals surface area contributed by atoms with E-state index >= 15 is 0 Å². The van der Waals surface area contributed by atoms with E-state index in [4.69, 9.17) is 4.99 Å². The highest BCUT2D eigenvalue weighted by atomic mass is 127. The molecule has 0 radical (unpaired) electrons. The molecular formula is C20H39IN6. The van der Waals surface area contributed by atoms with Crippen molar-refractivity contribution in [2.75, 3.05) is 32.7 Å². The summed E-state index contributed by atoms with van der Waals surface area (Å²) in [6, 6.07) is 2.89. The van der Waals surface area contributed by atoms with Gasteiger partial charge in [0.1, 0.15) is 0 Å². The fraction of sp³-hybridized carbons (Fsp3) is 0.800. The summed E-state index contributed by atoms with van der Waals surface area (Å²) in [6.45, 7) is 14.5. The quantitative estimate of drug-likeness (QED) is 0.241. The summed E-state index contributed by atoms with van der Waals surface area (Å²) >= 11 is 0. The number of nitrogens with one attached hydrogen (secondary N) is 2. The first-order valence-corrected chi connectivity index (χ1v) is 10.4. The van der Waals surface area contributed by atoms with E-state index in [0.29, 0.717) is 0 Å². The maximum atomic E-state index is 4.72. The first-order chi connectivity index (χ1) is 12.6. The third kappa shape index (κ3) is 8.37. The Morgan fingerprint density at radius 3 is 2.70 bits per heavy atom. The number of piperidine rings is 1. The molecule has 1 unspecified atom stereocenters. The second-order valence-corrected chi connectivity index (χ2v) is 7.29. The van der Waals surface area contributed by atoms with Crippen molar-refractivity contribution in [3.05, 3.63) is 17.5 Å². The highest BCUT2D eigenvalue weighted by molar-refractivity contribution is 14.0. The zero-order valence-electron chi connectivity index (χ0n) is 17.6. The molecule has 0 aliphatic carbocycles. The first-order valence-electron chi connectivity index (χ1n) is 10.4. The van der Waals surface area contributed by atoms with Crippen LogP contribution in [0.5, 0.6) is 0 Å². The lowest BCUT2D eigenvalue weighted by atomic mass is 10.0. The summed E-state index contributed by atoms with van der Waals surface area (Å²) in [7, 11) is 0. The molecule has 1 aliphatic rings. The van der Waals surface area contributed by atoms with Gasteiger partial charge in [-0.25, -0.2) is 0 Å². The minimum atomic E-state index is 0. The van der Waals surface area contributed by atoms with E-state index < -0.39 is 0 Å². The molecular weight excluding hydrogens is 451 g/mol. The maximum absolute atomic E-state index is 4.72. The van der Waals surface area contributed by atoms with Crippen molar-refractivity contribution in [2.45, 2.75) is 72.4 Å². The van der Waals surface area contributed by atoms with Crippen LogP contribution in [-0.4, -0.2) is 59.4 Å². The average Bonchev–Trinajstić information content (AvgIpc) is 2.96. The number of nitrogens with zero attached hydrogens (tertiary/aromatic N) is 4. The topological polar surface area (TPSA) is 57.5 Å². The van der Waals surface area contributed by atoms with Crippen LogP contribution >= 0.6 is 24.0 Å². The van der Waals surface area contributed by atoms with E-state index in [1.54, 1.807) is 0 Å². The fourth-order valence-corrected chi connectivity index (χ4v) is 3.79. The summed E-state index contributed by atoms with van der Waals surface area (Å²) in [5.74, 6) is 0.936. The third-order valence-electron chi connectivity index (χ3n) is 5.16. The van der Waals surface area contributed by atoms with E-state index in [1.165, 1.54) is 37.9 Å². The first kappa shape index (κ1) is 24.2. The summed E-state index contributed by atoms with van der Waals surface area (Å²) in [6.07, 6.45) is 6.36. The molecule has 2 rings (SSSR count). The molecule has 6 nitrogen and oxygen atoms in total. The lowest BCUT2D eigenvalue weighted by Gasteiger charge is -2.35. The van der Waals surface area contributed by atoms with Crippen molar-refractivity contribution in [1.29, 1.82) is 0 Å². The van der Waals surface area contributed by atoms with E-state index in [-0.39, 0.29) is 24.0 Å². The maximum Gasteiger partial charge on any atom is 0.191 e. The third-order valence-corrected chi connectivity index (χ3v) is 5.16. The van der Waals surface area contributed by atoms with Gasteiger partial charge in [-0.15, -0.1) is 24.0 Å². The summed E-state index contributed by atoms with van der Waals surface area (Å²) in [5, 5.41) is 11.4. The van der Waals surface area contributed by atoms with Crippen LogP contribution in [0.15, 0.2) is 11.1 Å². The van der Waals surface area contributed by atoms with Gasteiger partial charge >= 0.3 is 0 Å². The monoisotopic (exact) mass is 490 g/mol. The molecule has 1 aromatic rings. The Hall–Kier alpha value is -0.830. The Morgan fingerprint density at radius 2 is 2.04 bits per heavy atom. The van der Waals surface area contributed by atoms with Gasteiger partial charge in [0.15, 0.2) is 5.96 Å². The highest BCUT2D eigenvalue weighted by Crippen LogP contribution is 2.18. The Bertz CT molecular complexity index is 557. The molecule has 2 heterocycles. The number of aryl methyl sites for hydroxylation is 3. The minimum Gasteiger partial charge on any atom is -0.357 e. The summed E-state index contributed by atoms with van der Waals surface area (Å²) in [4.78, 5) is 7.36. The number of aliphatic imine (C=N–C) groups is 1.